The maximum atomic E-state index is 12.9. The number of ether oxygens (including phenoxy) is 1. The van der Waals surface area contributed by atoms with Crippen molar-refractivity contribution in [1.29, 1.82) is 0 Å². The van der Waals surface area contributed by atoms with E-state index in [0.29, 0.717) is 27.2 Å². The first-order chi connectivity index (χ1) is 12.7. The van der Waals surface area contributed by atoms with Crippen LogP contribution in [-0.4, -0.2) is 33.7 Å². The molecule has 2 aromatic carbocycles. The molecule has 2 aromatic rings. The zero-order chi connectivity index (χ0) is 20.2. The van der Waals surface area contributed by atoms with Crippen molar-refractivity contribution < 1.29 is 17.9 Å². The summed E-state index contributed by atoms with van der Waals surface area (Å²) < 4.78 is 31.2. The third kappa shape index (κ3) is 5.28. The first-order valence-electron chi connectivity index (χ1n) is 8.06. The summed E-state index contributed by atoms with van der Waals surface area (Å²) in [7, 11) is -2.27. The van der Waals surface area contributed by atoms with Crippen molar-refractivity contribution in [2.75, 3.05) is 23.0 Å². The van der Waals surface area contributed by atoms with Crippen LogP contribution < -0.4 is 14.4 Å². The summed E-state index contributed by atoms with van der Waals surface area (Å²) in [6.45, 7) is 1.72. The Labute approximate surface area is 169 Å². The van der Waals surface area contributed by atoms with Gasteiger partial charge in [0.2, 0.25) is 15.9 Å². The van der Waals surface area contributed by atoms with Gasteiger partial charge in [0.15, 0.2) is 0 Å². The monoisotopic (exact) mass is 430 g/mol. The summed E-state index contributed by atoms with van der Waals surface area (Å²) in [5.41, 5.74) is 0.641. The SMILES string of the molecule is CC[C@H](C(=O)Nc1cc(Cl)ccc1Cl)N(c1cccc(OC)c1)S(C)(=O)=O. The number of rotatable bonds is 7. The van der Waals surface area contributed by atoms with Crippen molar-refractivity contribution in [2.24, 2.45) is 0 Å². The highest BCUT2D eigenvalue weighted by Crippen LogP contribution is 2.29. The van der Waals surface area contributed by atoms with E-state index < -0.39 is 22.0 Å². The third-order valence-corrected chi connectivity index (χ3v) is 5.57. The number of sulfonamides is 1. The molecule has 0 spiro atoms. The van der Waals surface area contributed by atoms with Gasteiger partial charge in [-0.1, -0.05) is 36.2 Å². The predicted octanol–water partition coefficient (Wildman–Crippen LogP) is 4.19. The van der Waals surface area contributed by atoms with E-state index in [9.17, 15) is 13.2 Å². The summed E-state index contributed by atoms with van der Waals surface area (Å²) in [6, 6.07) is 10.2. The standard InChI is InChI=1S/C18H20Cl2N2O4S/c1-4-17(18(23)21-16-10-12(19)8-9-15(16)20)22(27(3,24)25)13-6-5-7-14(11-13)26-2/h5-11,17H,4H2,1-3H3,(H,21,23)/t17-/m1/s1. The lowest BCUT2D eigenvalue weighted by molar-refractivity contribution is -0.117. The Morgan fingerprint density at radius 1 is 1.22 bits per heavy atom. The van der Waals surface area contributed by atoms with E-state index in [0.717, 1.165) is 10.6 Å². The Kier molecular flexibility index (Phi) is 6.97. The molecule has 1 atom stereocenters. The fourth-order valence-corrected chi connectivity index (χ4v) is 4.16. The summed E-state index contributed by atoms with van der Waals surface area (Å²) >= 11 is 12.0. The molecule has 146 valence electrons. The Balaban J connectivity index is 2.42. The van der Waals surface area contributed by atoms with Crippen molar-refractivity contribution >= 4 is 50.5 Å². The second-order valence-corrected chi connectivity index (χ2v) is 8.50. The van der Waals surface area contributed by atoms with E-state index in [1.807, 2.05) is 0 Å². The fraction of sp³-hybridized carbons (Fsp3) is 0.278. The van der Waals surface area contributed by atoms with Crippen LogP contribution in [0.5, 0.6) is 5.75 Å². The number of nitrogens with zero attached hydrogens (tertiary/aromatic N) is 1. The maximum Gasteiger partial charge on any atom is 0.248 e. The van der Waals surface area contributed by atoms with Gasteiger partial charge in [0.25, 0.3) is 0 Å². The highest BCUT2D eigenvalue weighted by Gasteiger charge is 2.32. The van der Waals surface area contributed by atoms with Gasteiger partial charge in [0, 0.05) is 11.1 Å². The number of amides is 1. The van der Waals surface area contributed by atoms with Crippen molar-refractivity contribution in [1.82, 2.24) is 0 Å². The van der Waals surface area contributed by atoms with Crippen LogP contribution in [0.15, 0.2) is 42.5 Å². The molecule has 0 bridgehead atoms. The van der Waals surface area contributed by atoms with Crippen LogP contribution in [0.25, 0.3) is 0 Å². The molecule has 9 heteroatoms. The molecule has 2 rings (SSSR count). The fourth-order valence-electron chi connectivity index (χ4n) is 2.62. The first kappa shape index (κ1) is 21.3. The number of carbonyl (C=O) groups is 1. The number of anilines is 2. The molecule has 0 heterocycles. The lowest BCUT2D eigenvalue weighted by atomic mass is 10.1. The lowest BCUT2D eigenvalue weighted by Crippen LogP contribution is -2.47. The van der Waals surface area contributed by atoms with E-state index in [1.165, 1.54) is 13.2 Å². The largest absolute Gasteiger partial charge is 0.497 e. The van der Waals surface area contributed by atoms with Crippen LogP contribution in [0.4, 0.5) is 11.4 Å². The molecule has 6 nitrogen and oxygen atoms in total. The van der Waals surface area contributed by atoms with Gasteiger partial charge in [0.1, 0.15) is 11.8 Å². The van der Waals surface area contributed by atoms with Gasteiger partial charge in [-0.15, -0.1) is 0 Å². The second kappa shape index (κ2) is 8.82. The molecule has 1 amide bonds. The number of nitrogens with one attached hydrogen (secondary N) is 1. The van der Waals surface area contributed by atoms with Crippen molar-refractivity contribution in [3.63, 3.8) is 0 Å². The van der Waals surface area contributed by atoms with Gasteiger partial charge in [-0.05, 0) is 36.8 Å². The van der Waals surface area contributed by atoms with Gasteiger partial charge in [-0.25, -0.2) is 8.42 Å². The molecule has 0 saturated carbocycles. The molecule has 0 radical (unpaired) electrons. The van der Waals surface area contributed by atoms with Gasteiger partial charge in [-0.2, -0.15) is 0 Å². The molecule has 1 N–H and O–H groups in total. The summed E-state index contributed by atoms with van der Waals surface area (Å²) in [4.78, 5) is 12.9. The van der Waals surface area contributed by atoms with E-state index in [1.54, 1.807) is 43.3 Å². The molecule has 0 aromatic heterocycles. The Hall–Kier alpha value is -1.96. The van der Waals surface area contributed by atoms with Gasteiger partial charge < -0.3 is 10.1 Å². The van der Waals surface area contributed by atoms with Crippen LogP contribution in [0.3, 0.4) is 0 Å². The minimum Gasteiger partial charge on any atom is -0.497 e. The summed E-state index contributed by atoms with van der Waals surface area (Å²) in [5, 5.41) is 3.36. The molecule has 0 aliphatic rings. The molecule has 0 saturated heterocycles. The highest BCUT2D eigenvalue weighted by molar-refractivity contribution is 7.92. The zero-order valence-corrected chi connectivity index (χ0v) is 17.4. The maximum absolute atomic E-state index is 12.9. The van der Waals surface area contributed by atoms with Gasteiger partial charge in [-0.3, -0.25) is 9.10 Å². The smallest absolute Gasteiger partial charge is 0.248 e. The topological polar surface area (TPSA) is 75.7 Å². The number of halogens is 2. The van der Waals surface area contributed by atoms with E-state index in [4.69, 9.17) is 27.9 Å². The average molecular weight is 431 g/mol. The molecule has 27 heavy (non-hydrogen) atoms. The Morgan fingerprint density at radius 3 is 2.52 bits per heavy atom. The summed E-state index contributed by atoms with van der Waals surface area (Å²) in [5.74, 6) is -0.0378. The van der Waals surface area contributed by atoms with Gasteiger partial charge in [0.05, 0.1) is 29.8 Å². The van der Waals surface area contributed by atoms with Crippen molar-refractivity contribution in [2.45, 2.75) is 19.4 Å². The van der Waals surface area contributed by atoms with Crippen LogP contribution in [0.2, 0.25) is 10.0 Å². The number of hydrogen-bond acceptors (Lipinski definition) is 4. The Bertz CT molecular complexity index is 935. The molecule has 0 aliphatic heterocycles. The normalized spacial score (nSPS) is 12.3. The quantitative estimate of drug-likeness (QED) is 0.714. The van der Waals surface area contributed by atoms with E-state index >= 15 is 0 Å². The number of hydrogen-bond donors (Lipinski definition) is 1. The summed E-state index contributed by atoms with van der Waals surface area (Å²) in [6.07, 6.45) is 1.29. The average Bonchev–Trinajstić information content (AvgIpc) is 2.61. The van der Waals surface area contributed by atoms with Crippen LogP contribution in [0.1, 0.15) is 13.3 Å². The van der Waals surface area contributed by atoms with Crippen LogP contribution >= 0.6 is 23.2 Å². The number of benzene rings is 2. The van der Waals surface area contributed by atoms with Gasteiger partial charge >= 0.3 is 0 Å². The lowest BCUT2D eigenvalue weighted by Gasteiger charge is -2.30. The molecular weight excluding hydrogens is 411 g/mol. The second-order valence-electron chi connectivity index (χ2n) is 5.80. The zero-order valence-electron chi connectivity index (χ0n) is 15.1. The number of methoxy groups -OCH3 is 1. The Morgan fingerprint density at radius 2 is 1.93 bits per heavy atom. The minimum atomic E-state index is -3.75. The van der Waals surface area contributed by atoms with Crippen molar-refractivity contribution in [3.8, 4) is 5.75 Å². The minimum absolute atomic E-state index is 0.244. The predicted molar refractivity (Wildman–Crippen MR) is 109 cm³/mol. The molecule has 0 fully saturated rings. The van der Waals surface area contributed by atoms with Crippen molar-refractivity contribution in [3.05, 3.63) is 52.5 Å². The molecule has 0 aliphatic carbocycles. The number of carbonyl (C=O) groups excluding carboxylic acids is 1. The molecular formula is C18H20Cl2N2O4S. The highest BCUT2D eigenvalue weighted by atomic mass is 35.5. The van der Waals surface area contributed by atoms with Crippen LogP contribution in [0, 0.1) is 0 Å². The third-order valence-electron chi connectivity index (χ3n) is 3.82. The van der Waals surface area contributed by atoms with E-state index in [2.05, 4.69) is 5.32 Å². The van der Waals surface area contributed by atoms with E-state index in [-0.39, 0.29) is 6.42 Å². The first-order valence-corrected chi connectivity index (χ1v) is 10.7. The molecule has 0 unspecified atom stereocenters. The van der Waals surface area contributed by atoms with Crippen LogP contribution in [-0.2, 0) is 14.8 Å².